The molecule has 1 aromatic carbocycles. The normalized spacial score (nSPS) is 17.0. The summed E-state index contributed by atoms with van der Waals surface area (Å²) < 4.78 is 0. The third-order valence-electron chi connectivity index (χ3n) is 4.27. The average molecular weight is 290 g/mol. The number of piperidine rings is 1. The van der Waals surface area contributed by atoms with Crippen LogP contribution in [0.2, 0.25) is 0 Å². The lowest BCUT2D eigenvalue weighted by molar-refractivity contribution is -0.117. The predicted octanol–water partition coefficient (Wildman–Crippen LogP) is 2.25. The van der Waals surface area contributed by atoms with Gasteiger partial charge in [0.2, 0.25) is 5.91 Å². The molecule has 0 aliphatic carbocycles. The fourth-order valence-corrected chi connectivity index (χ4v) is 3.09. The van der Waals surface area contributed by atoms with Gasteiger partial charge in [0.25, 0.3) is 0 Å². The highest BCUT2D eigenvalue weighted by Gasteiger charge is 2.20. The third-order valence-corrected chi connectivity index (χ3v) is 4.27. The van der Waals surface area contributed by atoms with Crippen LogP contribution in [0.25, 0.3) is 0 Å². The standard InChI is InChI=1S/C17H26N2O2/c1-12-8-13(2)17(14(3)9-12)18-16(21)10-19-6-4-15(11-20)5-7-19/h8-9,15,20H,4-7,10-11H2,1-3H3,(H,18,21). The first kappa shape index (κ1) is 16.0. The van der Waals surface area contributed by atoms with Gasteiger partial charge in [-0.1, -0.05) is 17.7 Å². The number of aryl methyl sites for hydroxylation is 3. The number of likely N-dealkylation sites (tertiary alicyclic amines) is 1. The maximum absolute atomic E-state index is 12.2. The Kier molecular flexibility index (Phi) is 5.37. The molecule has 0 saturated carbocycles. The molecule has 1 aliphatic heterocycles. The minimum absolute atomic E-state index is 0.0486. The Hall–Kier alpha value is -1.39. The first-order valence-electron chi connectivity index (χ1n) is 7.70. The number of nitrogens with zero attached hydrogens (tertiary/aromatic N) is 1. The zero-order valence-electron chi connectivity index (χ0n) is 13.3. The van der Waals surface area contributed by atoms with Crippen LogP contribution in [-0.4, -0.2) is 42.2 Å². The zero-order chi connectivity index (χ0) is 15.4. The Morgan fingerprint density at radius 3 is 2.33 bits per heavy atom. The van der Waals surface area contributed by atoms with Gasteiger partial charge in [0.15, 0.2) is 0 Å². The first-order chi connectivity index (χ1) is 9.99. The van der Waals surface area contributed by atoms with Crippen LogP contribution in [-0.2, 0) is 4.79 Å². The van der Waals surface area contributed by atoms with Crippen LogP contribution < -0.4 is 5.32 Å². The molecular formula is C17H26N2O2. The van der Waals surface area contributed by atoms with Crippen molar-refractivity contribution in [1.29, 1.82) is 0 Å². The summed E-state index contributed by atoms with van der Waals surface area (Å²) in [5.41, 5.74) is 4.38. The Labute approximate surface area is 127 Å². The molecule has 0 atom stereocenters. The van der Waals surface area contributed by atoms with E-state index in [1.165, 1.54) is 5.56 Å². The van der Waals surface area contributed by atoms with Gasteiger partial charge in [0.1, 0.15) is 0 Å². The lowest BCUT2D eigenvalue weighted by Gasteiger charge is -2.30. The summed E-state index contributed by atoms with van der Waals surface area (Å²) in [7, 11) is 0. The summed E-state index contributed by atoms with van der Waals surface area (Å²) >= 11 is 0. The first-order valence-corrected chi connectivity index (χ1v) is 7.70. The summed E-state index contributed by atoms with van der Waals surface area (Å²) in [5.74, 6) is 0.457. The second-order valence-corrected chi connectivity index (χ2v) is 6.22. The van der Waals surface area contributed by atoms with Gasteiger partial charge < -0.3 is 10.4 Å². The topological polar surface area (TPSA) is 52.6 Å². The maximum atomic E-state index is 12.2. The Morgan fingerprint density at radius 1 is 1.24 bits per heavy atom. The van der Waals surface area contributed by atoms with Crippen molar-refractivity contribution in [3.05, 3.63) is 28.8 Å². The van der Waals surface area contributed by atoms with E-state index in [0.717, 1.165) is 42.7 Å². The molecule has 21 heavy (non-hydrogen) atoms. The van der Waals surface area contributed by atoms with Crippen molar-refractivity contribution in [2.75, 3.05) is 31.6 Å². The fraction of sp³-hybridized carbons (Fsp3) is 0.588. The molecule has 1 amide bonds. The largest absolute Gasteiger partial charge is 0.396 e. The number of anilines is 1. The van der Waals surface area contributed by atoms with Gasteiger partial charge in [0, 0.05) is 12.3 Å². The lowest BCUT2D eigenvalue weighted by atomic mass is 9.98. The third kappa shape index (κ3) is 4.29. The zero-order valence-corrected chi connectivity index (χ0v) is 13.3. The quantitative estimate of drug-likeness (QED) is 0.894. The van der Waals surface area contributed by atoms with E-state index in [1.807, 2.05) is 13.8 Å². The van der Waals surface area contributed by atoms with E-state index < -0.39 is 0 Å². The van der Waals surface area contributed by atoms with Crippen LogP contribution in [0.15, 0.2) is 12.1 Å². The predicted molar refractivity (Wildman–Crippen MR) is 85.5 cm³/mol. The molecular weight excluding hydrogens is 264 g/mol. The van der Waals surface area contributed by atoms with E-state index in [9.17, 15) is 4.79 Å². The molecule has 1 saturated heterocycles. The molecule has 0 radical (unpaired) electrons. The Balaban J connectivity index is 1.91. The van der Waals surface area contributed by atoms with Crippen LogP contribution in [0.3, 0.4) is 0 Å². The molecule has 0 aromatic heterocycles. The Morgan fingerprint density at radius 2 is 1.81 bits per heavy atom. The van der Waals surface area contributed by atoms with E-state index in [2.05, 4.69) is 29.3 Å². The van der Waals surface area contributed by atoms with Crippen molar-refractivity contribution in [1.82, 2.24) is 4.90 Å². The molecule has 4 heteroatoms. The van der Waals surface area contributed by atoms with Gasteiger partial charge in [-0.2, -0.15) is 0 Å². The van der Waals surface area contributed by atoms with Crippen LogP contribution in [0.4, 0.5) is 5.69 Å². The number of carbonyl (C=O) groups is 1. The highest BCUT2D eigenvalue weighted by molar-refractivity contribution is 5.93. The molecule has 1 fully saturated rings. The molecule has 0 spiro atoms. The van der Waals surface area contributed by atoms with Crippen LogP contribution >= 0.6 is 0 Å². The van der Waals surface area contributed by atoms with Gasteiger partial charge in [-0.05, 0) is 63.7 Å². The number of carbonyl (C=O) groups excluding carboxylic acids is 1. The summed E-state index contributed by atoms with van der Waals surface area (Å²) in [5, 5.41) is 12.2. The van der Waals surface area contributed by atoms with Gasteiger partial charge >= 0.3 is 0 Å². The molecule has 0 bridgehead atoms. The van der Waals surface area contributed by atoms with Gasteiger partial charge in [-0.25, -0.2) is 0 Å². The van der Waals surface area contributed by atoms with E-state index >= 15 is 0 Å². The summed E-state index contributed by atoms with van der Waals surface area (Å²) in [6, 6.07) is 4.19. The monoisotopic (exact) mass is 290 g/mol. The minimum Gasteiger partial charge on any atom is -0.396 e. The van der Waals surface area contributed by atoms with Crippen LogP contribution in [0, 0.1) is 26.7 Å². The number of amides is 1. The van der Waals surface area contributed by atoms with E-state index in [-0.39, 0.29) is 12.5 Å². The van der Waals surface area contributed by atoms with Gasteiger partial charge in [-0.3, -0.25) is 9.69 Å². The minimum atomic E-state index is 0.0486. The smallest absolute Gasteiger partial charge is 0.238 e. The molecule has 2 rings (SSSR count). The molecule has 0 unspecified atom stereocenters. The van der Waals surface area contributed by atoms with Gasteiger partial charge in [-0.15, -0.1) is 0 Å². The molecule has 1 heterocycles. The van der Waals surface area contributed by atoms with Crippen molar-refractivity contribution in [2.45, 2.75) is 33.6 Å². The van der Waals surface area contributed by atoms with Crippen molar-refractivity contribution in [2.24, 2.45) is 5.92 Å². The maximum Gasteiger partial charge on any atom is 0.238 e. The van der Waals surface area contributed by atoms with E-state index in [1.54, 1.807) is 0 Å². The molecule has 4 nitrogen and oxygen atoms in total. The lowest BCUT2D eigenvalue weighted by Crippen LogP contribution is -2.40. The van der Waals surface area contributed by atoms with Crippen molar-refractivity contribution in [3.63, 3.8) is 0 Å². The molecule has 2 N–H and O–H groups in total. The second-order valence-electron chi connectivity index (χ2n) is 6.22. The molecule has 1 aromatic rings. The van der Waals surface area contributed by atoms with Crippen molar-refractivity contribution < 1.29 is 9.90 Å². The fourth-order valence-electron chi connectivity index (χ4n) is 3.09. The van der Waals surface area contributed by atoms with E-state index in [4.69, 9.17) is 5.11 Å². The highest BCUT2D eigenvalue weighted by Crippen LogP contribution is 2.22. The summed E-state index contributed by atoms with van der Waals surface area (Å²) in [6.07, 6.45) is 1.96. The number of hydrogen-bond acceptors (Lipinski definition) is 3. The van der Waals surface area contributed by atoms with Gasteiger partial charge in [0.05, 0.1) is 6.54 Å². The highest BCUT2D eigenvalue weighted by atomic mass is 16.3. The number of hydrogen-bond donors (Lipinski definition) is 2. The number of nitrogens with one attached hydrogen (secondary N) is 1. The van der Waals surface area contributed by atoms with Crippen LogP contribution in [0.5, 0.6) is 0 Å². The van der Waals surface area contributed by atoms with Crippen LogP contribution in [0.1, 0.15) is 29.5 Å². The number of aliphatic hydroxyl groups is 1. The summed E-state index contributed by atoms with van der Waals surface area (Å²) in [4.78, 5) is 14.4. The Bertz CT molecular complexity index is 483. The number of benzene rings is 1. The second kappa shape index (κ2) is 7.05. The van der Waals surface area contributed by atoms with Crippen molar-refractivity contribution in [3.8, 4) is 0 Å². The number of rotatable bonds is 4. The summed E-state index contributed by atoms with van der Waals surface area (Å²) in [6.45, 7) is 8.61. The molecule has 1 aliphatic rings. The average Bonchev–Trinajstić information content (AvgIpc) is 2.43. The number of aliphatic hydroxyl groups excluding tert-OH is 1. The van der Waals surface area contributed by atoms with E-state index in [0.29, 0.717) is 12.5 Å². The van der Waals surface area contributed by atoms with Crippen molar-refractivity contribution >= 4 is 11.6 Å². The SMILES string of the molecule is Cc1cc(C)c(NC(=O)CN2CCC(CO)CC2)c(C)c1. The molecule has 116 valence electrons.